The molecule has 0 radical (unpaired) electrons. The van der Waals surface area contributed by atoms with E-state index < -0.39 is 5.97 Å². The van der Waals surface area contributed by atoms with Gasteiger partial charge >= 0.3 is 5.97 Å². The average Bonchev–Trinajstić information content (AvgIpc) is 2.58. The lowest BCUT2D eigenvalue weighted by Crippen LogP contribution is -2.19. The van der Waals surface area contributed by atoms with Crippen molar-refractivity contribution in [2.75, 3.05) is 5.01 Å². The molecular formula is C12H12N2O3. The molecule has 17 heavy (non-hydrogen) atoms. The number of carboxylic acids is 1. The quantitative estimate of drug-likeness (QED) is 0.859. The van der Waals surface area contributed by atoms with Gasteiger partial charge in [0.1, 0.15) is 0 Å². The minimum atomic E-state index is -0.970. The van der Waals surface area contributed by atoms with E-state index in [1.54, 1.807) is 6.07 Å². The second-order valence-electron chi connectivity index (χ2n) is 3.96. The summed E-state index contributed by atoms with van der Waals surface area (Å²) in [6, 6.07) is 7.37. The number of carbonyl (C=O) groups is 2. The summed E-state index contributed by atoms with van der Waals surface area (Å²) in [4.78, 5) is 22.2. The van der Waals surface area contributed by atoms with Crippen LogP contribution in [0, 0.1) is 6.92 Å². The van der Waals surface area contributed by atoms with Crippen LogP contribution in [0.4, 0.5) is 5.69 Å². The van der Waals surface area contributed by atoms with Crippen LogP contribution in [0.25, 0.3) is 0 Å². The standard InChI is InChI=1S/C12H12N2O3/c1-8-3-2-4-10(5-8)14-11(15)6-9(13-14)7-12(16)17/h2-5H,6-7H2,1H3,(H,16,17). The zero-order chi connectivity index (χ0) is 12.4. The summed E-state index contributed by atoms with van der Waals surface area (Å²) in [5.41, 5.74) is 2.09. The molecule has 5 nitrogen and oxygen atoms in total. The van der Waals surface area contributed by atoms with Gasteiger partial charge in [-0.1, -0.05) is 12.1 Å². The van der Waals surface area contributed by atoms with Crippen LogP contribution in [0.3, 0.4) is 0 Å². The van der Waals surface area contributed by atoms with Crippen LogP contribution in [-0.4, -0.2) is 22.7 Å². The Morgan fingerprint density at radius 3 is 2.94 bits per heavy atom. The van der Waals surface area contributed by atoms with Crippen LogP contribution in [0.1, 0.15) is 18.4 Å². The number of rotatable bonds is 3. The Morgan fingerprint density at radius 2 is 2.29 bits per heavy atom. The lowest BCUT2D eigenvalue weighted by Gasteiger charge is -2.11. The summed E-state index contributed by atoms with van der Waals surface area (Å²) in [6.07, 6.45) is -0.103. The third-order valence-corrected chi connectivity index (χ3v) is 2.43. The molecule has 1 heterocycles. The van der Waals surface area contributed by atoms with Crippen molar-refractivity contribution >= 4 is 23.3 Å². The van der Waals surface area contributed by atoms with E-state index in [1.165, 1.54) is 5.01 Å². The summed E-state index contributed by atoms with van der Waals surface area (Å²) >= 11 is 0. The summed E-state index contributed by atoms with van der Waals surface area (Å²) < 4.78 is 0. The summed E-state index contributed by atoms with van der Waals surface area (Å²) in [5.74, 6) is -1.16. The molecule has 2 rings (SSSR count). The van der Waals surface area contributed by atoms with Crippen LogP contribution in [-0.2, 0) is 9.59 Å². The smallest absolute Gasteiger partial charge is 0.309 e. The molecule has 1 N–H and O–H groups in total. The Morgan fingerprint density at radius 1 is 1.53 bits per heavy atom. The highest BCUT2D eigenvalue weighted by Gasteiger charge is 2.26. The van der Waals surface area contributed by atoms with Crippen molar-refractivity contribution < 1.29 is 14.7 Å². The molecule has 1 aliphatic heterocycles. The fourth-order valence-electron chi connectivity index (χ4n) is 1.72. The second kappa shape index (κ2) is 4.37. The van der Waals surface area contributed by atoms with Crippen molar-refractivity contribution in [2.45, 2.75) is 19.8 Å². The SMILES string of the molecule is Cc1cccc(N2N=C(CC(=O)O)CC2=O)c1. The second-order valence-corrected chi connectivity index (χ2v) is 3.96. The molecule has 0 saturated heterocycles. The van der Waals surface area contributed by atoms with Crippen LogP contribution in [0.5, 0.6) is 0 Å². The first-order chi connectivity index (χ1) is 8.06. The maximum Gasteiger partial charge on any atom is 0.309 e. The minimum Gasteiger partial charge on any atom is -0.481 e. The predicted molar refractivity (Wildman–Crippen MR) is 63.0 cm³/mol. The molecular weight excluding hydrogens is 220 g/mol. The lowest BCUT2D eigenvalue weighted by atomic mass is 10.2. The number of anilines is 1. The molecule has 0 atom stereocenters. The van der Waals surface area contributed by atoms with E-state index in [-0.39, 0.29) is 18.7 Å². The van der Waals surface area contributed by atoms with Gasteiger partial charge in [0.2, 0.25) is 0 Å². The Bertz CT molecular complexity index is 508. The van der Waals surface area contributed by atoms with Crippen molar-refractivity contribution in [1.29, 1.82) is 0 Å². The molecule has 0 unspecified atom stereocenters. The molecule has 1 aromatic rings. The molecule has 0 saturated carbocycles. The van der Waals surface area contributed by atoms with Gasteiger partial charge in [-0.15, -0.1) is 0 Å². The zero-order valence-electron chi connectivity index (χ0n) is 9.38. The van der Waals surface area contributed by atoms with Crippen molar-refractivity contribution in [2.24, 2.45) is 5.10 Å². The van der Waals surface area contributed by atoms with E-state index in [0.717, 1.165) is 5.56 Å². The molecule has 0 fully saturated rings. The molecule has 0 aromatic heterocycles. The van der Waals surface area contributed by atoms with Crippen LogP contribution in [0.2, 0.25) is 0 Å². The van der Waals surface area contributed by atoms with Gasteiger partial charge in [0, 0.05) is 0 Å². The molecule has 0 bridgehead atoms. The Hall–Kier alpha value is -2.17. The molecule has 5 heteroatoms. The number of carboxylic acid groups (broad SMARTS) is 1. The normalized spacial score (nSPS) is 15.0. The average molecular weight is 232 g/mol. The molecule has 1 aliphatic rings. The summed E-state index contributed by atoms with van der Waals surface area (Å²) in [5, 5.41) is 14.0. The monoisotopic (exact) mass is 232 g/mol. The van der Waals surface area contributed by atoms with E-state index in [2.05, 4.69) is 5.10 Å². The maximum absolute atomic E-state index is 11.7. The fraction of sp³-hybridized carbons (Fsp3) is 0.250. The van der Waals surface area contributed by atoms with Gasteiger partial charge < -0.3 is 5.11 Å². The third kappa shape index (κ3) is 2.50. The Labute approximate surface area is 98.4 Å². The van der Waals surface area contributed by atoms with Gasteiger partial charge in [0.15, 0.2) is 0 Å². The highest BCUT2D eigenvalue weighted by atomic mass is 16.4. The minimum absolute atomic E-state index is 0.0836. The van der Waals surface area contributed by atoms with Gasteiger partial charge in [0.25, 0.3) is 5.91 Å². The number of aliphatic carboxylic acids is 1. The number of carbonyl (C=O) groups excluding carboxylic acids is 1. The van der Waals surface area contributed by atoms with Crippen LogP contribution >= 0.6 is 0 Å². The van der Waals surface area contributed by atoms with Crippen molar-refractivity contribution in [3.63, 3.8) is 0 Å². The first-order valence-electron chi connectivity index (χ1n) is 5.24. The van der Waals surface area contributed by atoms with Gasteiger partial charge in [-0.05, 0) is 24.6 Å². The van der Waals surface area contributed by atoms with Crippen molar-refractivity contribution in [3.05, 3.63) is 29.8 Å². The van der Waals surface area contributed by atoms with E-state index in [9.17, 15) is 9.59 Å². The zero-order valence-corrected chi connectivity index (χ0v) is 9.38. The number of nitrogens with zero attached hydrogens (tertiary/aromatic N) is 2. The largest absolute Gasteiger partial charge is 0.481 e. The number of hydrazone groups is 1. The van der Waals surface area contributed by atoms with E-state index in [4.69, 9.17) is 5.11 Å². The first kappa shape index (κ1) is 11.3. The highest BCUT2D eigenvalue weighted by Crippen LogP contribution is 2.22. The molecule has 1 aromatic carbocycles. The molecule has 1 amide bonds. The first-order valence-corrected chi connectivity index (χ1v) is 5.24. The van der Waals surface area contributed by atoms with Gasteiger partial charge in [-0.3, -0.25) is 9.59 Å². The van der Waals surface area contributed by atoms with Crippen molar-refractivity contribution in [3.8, 4) is 0 Å². The number of hydrogen-bond donors (Lipinski definition) is 1. The number of aryl methyl sites for hydroxylation is 1. The van der Waals surface area contributed by atoms with E-state index in [0.29, 0.717) is 11.4 Å². The van der Waals surface area contributed by atoms with Gasteiger partial charge in [-0.2, -0.15) is 5.10 Å². The van der Waals surface area contributed by atoms with Gasteiger partial charge in [-0.25, -0.2) is 5.01 Å². The predicted octanol–water partition coefficient (Wildman–Crippen LogP) is 1.56. The Balaban J connectivity index is 2.24. The fourth-order valence-corrected chi connectivity index (χ4v) is 1.72. The third-order valence-electron chi connectivity index (χ3n) is 2.43. The molecule has 0 spiro atoms. The topological polar surface area (TPSA) is 70.0 Å². The maximum atomic E-state index is 11.7. The summed E-state index contributed by atoms with van der Waals surface area (Å²) in [6.45, 7) is 1.92. The highest BCUT2D eigenvalue weighted by molar-refractivity contribution is 6.16. The lowest BCUT2D eigenvalue weighted by molar-refractivity contribution is -0.135. The molecule has 88 valence electrons. The number of amides is 1. The Kier molecular flexibility index (Phi) is 2.91. The number of benzene rings is 1. The van der Waals surface area contributed by atoms with E-state index in [1.807, 2.05) is 25.1 Å². The van der Waals surface area contributed by atoms with Crippen LogP contribution in [0.15, 0.2) is 29.4 Å². The van der Waals surface area contributed by atoms with Crippen LogP contribution < -0.4 is 5.01 Å². The van der Waals surface area contributed by atoms with Gasteiger partial charge in [0.05, 0.1) is 24.2 Å². The van der Waals surface area contributed by atoms with Crippen molar-refractivity contribution in [1.82, 2.24) is 0 Å². The summed E-state index contributed by atoms with van der Waals surface area (Å²) in [7, 11) is 0. The molecule has 0 aliphatic carbocycles. The van der Waals surface area contributed by atoms with E-state index >= 15 is 0 Å². The number of hydrogen-bond acceptors (Lipinski definition) is 3.